The second kappa shape index (κ2) is 10.1. The standard InChI is InChI=1S/C13H24N5O14P3/c1-14-13-15-10-7(11(20)16-13)17(2)5-18(10)12-9(28-3)8(19)6(30-12)4-29-34(24,25)32-35(26,27)31-33(21,22)23/h6,8-9,12,19H,4-5H2,1-3H3,(H,24,25)(H,26,27)(H2,21,22,23)(H2,14,15,16,20)/t6-,8-,9-,12-/m1/s1. The fourth-order valence-corrected chi connectivity index (χ4v) is 6.55. The second-order valence-corrected chi connectivity index (χ2v) is 11.7. The highest BCUT2D eigenvalue weighted by Gasteiger charge is 2.51. The smallest absolute Gasteiger partial charge is 0.387 e. The average Bonchev–Trinajstić information content (AvgIpc) is 3.20. The van der Waals surface area contributed by atoms with Crippen LogP contribution in [0.5, 0.6) is 0 Å². The van der Waals surface area contributed by atoms with E-state index in [1.54, 1.807) is 19.0 Å². The van der Waals surface area contributed by atoms with Crippen molar-refractivity contribution in [2.75, 3.05) is 49.6 Å². The van der Waals surface area contributed by atoms with Gasteiger partial charge in [-0.15, -0.1) is 0 Å². The average molecular weight is 567 g/mol. The molecule has 0 spiro atoms. The van der Waals surface area contributed by atoms with Crippen LogP contribution in [0.4, 0.5) is 17.5 Å². The molecule has 1 saturated heterocycles. The minimum atomic E-state index is -5.71. The molecule has 0 saturated carbocycles. The maximum atomic E-state index is 12.4. The van der Waals surface area contributed by atoms with Gasteiger partial charge in [-0.1, -0.05) is 0 Å². The summed E-state index contributed by atoms with van der Waals surface area (Å²) < 4.78 is 57.0. The molecule has 0 aromatic carbocycles. The first kappa shape index (κ1) is 28.1. The van der Waals surface area contributed by atoms with Crippen molar-refractivity contribution in [3.8, 4) is 0 Å². The maximum absolute atomic E-state index is 12.4. The van der Waals surface area contributed by atoms with Crippen molar-refractivity contribution in [3.63, 3.8) is 0 Å². The number of methoxy groups -OCH3 is 1. The molecule has 0 aliphatic carbocycles. The first-order valence-corrected chi connectivity index (χ1v) is 14.0. The van der Waals surface area contributed by atoms with Gasteiger partial charge in [0.15, 0.2) is 12.0 Å². The summed E-state index contributed by atoms with van der Waals surface area (Å²) in [5.74, 6) is 0.360. The van der Waals surface area contributed by atoms with Crippen LogP contribution in [0.1, 0.15) is 0 Å². The van der Waals surface area contributed by atoms with Gasteiger partial charge in [-0.25, -0.2) is 13.7 Å². The Balaban J connectivity index is 1.75. The zero-order chi connectivity index (χ0) is 26.3. The van der Waals surface area contributed by atoms with E-state index >= 15 is 0 Å². The number of hydrogen-bond acceptors (Lipinski definition) is 14. The first-order chi connectivity index (χ1) is 16.1. The molecule has 1 aromatic rings. The van der Waals surface area contributed by atoms with E-state index in [9.17, 15) is 33.4 Å². The lowest BCUT2D eigenvalue weighted by Gasteiger charge is -2.29. The monoisotopic (exact) mass is 567 g/mol. The minimum absolute atomic E-state index is 0.0957. The highest BCUT2D eigenvalue weighted by Crippen LogP contribution is 2.66. The van der Waals surface area contributed by atoms with Gasteiger partial charge in [-0.3, -0.25) is 14.3 Å². The van der Waals surface area contributed by atoms with Crippen molar-refractivity contribution in [2.45, 2.75) is 24.5 Å². The van der Waals surface area contributed by atoms with Gasteiger partial charge in [0.05, 0.1) is 13.3 Å². The largest absolute Gasteiger partial charge is 0.490 e. The summed E-state index contributed by atoms with van der Waals surface area (Å²) in [4.78, 5) is 58.4. The minimum Gasteiger partial charge on any atom is -0.387 e. The number of phosphoric ester groups is 1. The van der Waals surface area contributed by atoms with Gasteiger partial charge in [0.25, 0.3) is 5.56 Å². The summed E-state index contributed by atoms with van der Waals surface area (Å²) in [7, 11) is -12.3. The predicted molar refractivity (Wildman–Crippen MR) is 115 cm³/mol. The molecule has 2 unspecified atom stereocenters. The number of aliphatic hydroxyl groups is 1. The third-order valence-corrected chi connectivity index (χ3v) is 8.64. The van der Waals surface area contributed by atoms with Crippen LogP contribution in [-0.2, 0) is 36.3 Å². The number of aromatic amines is 1. The zero-order valence-corrected chi connectivity index (χ0v) is 21.0. The third kappa shape index (κ3) is 6.47. The van der Waals surface area contributed by atoms with E-state index in [-0.39, 0.29) is 24.1 Å². The van der Waals surface area contributed by atoms with Crippen LogP contribution < -0.4 is 20.7 Å². The maximum Gasteiger partial charge on any atom is 0.490 e. The van der Waals surface area contributed by atoms with E-state index in [2.05, 4.69) is 28.4 Å². The molecule has 3 rings (SSSR count). The van der Waals surface area contributed by atoms with Gasteiger partial charge in [0.2, 0.25) is 5.95 Å². The number of ether oxygens (including phenoxy) is 2. The fourth-order valence-electron chi connectivity index (χ4n) is 3.52. The van der Waals surface area contributed by atoms with Gasteiger partial charge in [-0.2, -0.15) is 13.6 Å². The number of phosphoric acid groups is 3. The molecular weight excluding hydrogens is 543 g/mol. The number of rotatable bonds is 10. The Labute approximate surface area is 197 Å². The Morgan fingerprint density at radius 3 is 2.43 bits per heavy atom. The fraction of sp³-hybridized carbons (Fsp3) is 0.692. The quantitative estimate of drug-likeness (QED) is 0.158. The Kier molecular flexibility index (Phi) is 8.16. The van der Waals surface area contributed by atoms with Gasteiger partial charge >= 0.3 is 23.5 Å². The third-order valence-electron chi connectivity index (χ3n) is 4.84. The van der Waals surface area contributed by atoms with Crippen LogP contribution in [0.25, 0.3) is 0 Å². The lowest BCUT2D eigenvalue weighted by atomic mass is 10.1. The second-order valence-electron chi connectivity index (χ2n) is 7.29. The van der Waals surface area contributed by atoms with Crippen molar-refractivity contribution in [1.29, 1.82) is 0 Å². The normalized spacial score (nSPS) is 28.0. The molecule has 1 fully saturated rings. The number of nitrogens with one attached hydrogen (secondary N) is 2. The molecular formula is C13H24N5O14P3. The summed E-state index contributed by atoms with van der Waals surface area (Å²) in [6.07, 6.45) is -4.94. The van der Waals surface area contributed by atoms with E-state index in [1.807, 2.05) is 0 Å². The highest BCUT2D eigenvalue weighted by molar-refractivity contribution is 7.66. The van der Waals surface area contributed by atoms with E-state index in [0.717, 1.165) is 0 Å². The molecule has 2 aliphatic heterocycles. The Morgan fingerprint density at radius 1 is 1.20 bits per heavy atom. The van der Waals surface area contributed by atoms with Gasteiger partial charge in [-0.05, 0) is 0 Å². The molecule has 0 radical (unpaired) electrons. The van der Waals surface area contributed by atoms with Crippen molar-refractivity contribution < 1.29 is 61.0 Å². The number of nitrogens with zero attached hydrogens (tertiary/aromatic N) is 3. The van der Waals surface area contributed by atoms with Crippen LogP contribution in [0.2, 0.25) is 0 Å². The van der Waals surface area contributed by atoms with Crippen molar-refractivity contribution in [2.24, 2.45) is 0 Å². The number of aliphatic hydroxyl groups excluding tert-OH is 1. The number of aromatic nitrogens is 2. The summed E-state index contributed by atoms with van der Waals surface area (Å²) in [5, 5.41) is 13.3. The zero-order valence-electron chi connectivity index (χ0n) is 18.3. The Morgan fingerprint density at radius 2 is 1.86 bits per heavy atom. The molecule has 0 amide bonds. The first-order valence-electron chi connectivity index (χ1n) is 9.52. The van der Waals surface area contributed by atoms with E-state index in [0.29, 0.717) is 0 Å². The molecule has 35 heavy (non-hydrogen) atoms. The lowest BCUT2D eigenvalue weighted by molar-refractivity contribution is -0.0221. The molecule has 22 heteroatoms. The van der Waals surface area contributed by atoms with Gasteiger partial charge in [0, 0.05) is 21.2 Å². The molecule has 7 N–H and O–H groups in total. The summed E-state index contributed by atoms with van der Waals surface area (Å²) >= 11 is 0. The molecule has 6 atom stereocenters. The molecule has 3 heterocycles. The molecule has 1 aromatic heterocycles. The van der Waals surface area contributed by atoms with Crippen LogP contribution >= 0.6 is 23.5 Å². The van der Waals surface area contributed by atoms with Crippen LogP contribution in [0.15, 0.2) is 4.79 Å². The highest BCUT2D eigenvalue weighted by atomic mass is 31.3. The van der Waals surface area contributed by atoms with Gasteiger partial charge in [0.1, 0.15) is 24.0 Å². The molecule has 2 aliphatic rings. The lowest BCUT2D eigenvalue weighted by Crippen LogP contribution is -2.46. The molecule has 200 valence electrons. The predicted octanol–water partition coefficient (Wildman–Crippen LogP) is -1.53. The van der Waals surface area contributed by atoms with Crippen LogP contribution in [-0.4, -0.2) is 93.7 Å². The van der Waals surface area contributed by atoms with Crippen LogP contribution in [0.3, 0.4) is 0 Å². The number of H-pyrrole nitrogens is 1. The summed E-state index contributed by atoms with van der Waals surface area (Å²) in [6.45, 7) is -0.791. The van der Waals surface area contributed by atoms with E-state index < -0.39 is 60.2 Å². The molecule has 0 bridgehead atoms. The van der Waals surface area contributed by atoms with Crippen molar-refractivity contribution in [3.05, 3.63) is 10.4 Å². The van der Waals surface area contributed by atoms with Crippen molar-refractivity contribution in [1.82, 2.24) is 9.97 Å². The van der Waals surface area contributed by atoms with E-state index in [1.165, 1.54) is 12.0 Å². The number of fused-ring (bicyclic) bond motifs is 1. The SMILES string of the molecule is CNc1nc2c(c(=O)[nH]1)N(C)CN2[C@@H]1O[C@H](COP(=O)(O)OP(=O)(O)OP(=O)(O)O)[C@@H](O)[C@H]1OC. The Bertz CT molecular complexity index is 1140. The topological polar surface area (TPSA) is 263 Å². The Hall–Kier alpha value is -1.43. The van der Waals surface area contributed by atoms with Crippen LogP contribution in [0, 0.1) is 0 Å². The van der Waals surface area contributed by atoms with Gasteiger partial charge < -0.3 is 49.3 Å². The van der Waals surface area contributed by atoms with Crippen molar-refractivity contribution >= 4 is 40.9 Å². The van der Waals surface area contributed by atoms with E-state index in [4.69, 9.17) is 19.3 Å². The molecule has 19 nitrogen and oxygen atoms in total. The number of hydrogen-bond donors (Lipinski definition) is 7. The number of anilines is 3. The summed E-state index contributed by atoms with van der Waals surface area (Å²) in [6, 6.07) is 0. The summed E-state index contributed by atoms with van der Waals surface area (Å²) in [5.41, 5.74) is -0.227.